The summed E-state index contributed by atoms with van der Waals surface area (Å²) in [5.41, 5.74) is 6.45. The molecule has 0 heterocycles. The van der Waals surface area contributed by atoms with Gasteiger partial charge in [-0.05, 0) is 43.0 Å². The van der Waals surface area contributed by atoms with E-state index in [1.54, 1.807) is 12.1 Å². The fourth-order valence-electron chi connectivity index (χ4n) is 2.63. The van der Waals surface area contributed by atoms with Crippen molar-refractivity contribution in [3.05, 3.63) is 29.0 Å². The lowest BCUT2D eigenvalue weighted by atomic mass is 9.94. The Morgan fingerprint density at radius 2 is 2.04 bits per heavy atom. The Labute approximate surface area is 149 Å². The van der Waals surface area contributed by atoms with Crippen LogP contribution >= 0.6 is 11.6 Å². The minimum atomic E-state index is -0.426. The van der Waals surface area contributed by atoms with Crippen molar-refractivity contribution in [2.24, 2.45) is 16.1 Å². The monoisotopic (exact) mass is 354 g/mol. The zero-order chi connectivity index (χ0) is 17.6. The van der Waals surface area contributed by atoms with Crippen LogP contribution < -0.4 is 16.4 Å². The number of guanidine groups is 1. The molecule has 4 N–H and O–H groups in total. The maximum Gasteiger partial charge on any atom is 0.196 e. The van der Waals surface area contributed by atoms with Crippen molar-refractivity contribution in [2.45, 2.75) is 52.0 Å². The van der Waals surface area contributed by atoms with E-state index in [-0.39, 0.29) is 10.4 Å². The van der Waals surface area contributed by atoms with Crippen molar-refractivity contribution < 1.29 is 4.39 Å². The molecule has 0 radical (unpaired) electrons. The van der Waals surface area contributed by atoms with E-state index in [4.69, 9.17) is 17.3 Å². The van der Waals surface area contributed by atoms with Crippen molar-refractivity contribution in [1.29, 1.82) is 0 Å². The first-order valence-electron chi connectivity index (χ1n) is 8.63. The third kappa shape index (κ3) is 5.95. The molecule has 0 aliphatic heterocycles. The smallest absolute Gasteiger partial charge is 0.196 e. The van der Waals surface area contributed by atoms with Gasteiger partial charge in [0.05, 0.1) is 5.02 Å². The Morgan fingerprint density at radius 3 is 2.67 bits per heavy atom. The summed E-state index contributed by atoms with van der Waals surface area (Å²) >= 11 is 5.87. The zero-order valence-electron chi connectivity index (χ0n) is 14.5. The number of hydrogen-bond acceptors (Lipinski definition) is 2. The molecule has 0 spiro atoms. The molecular formula is C18H28ClFN4. The number of halogens is 2. The molecule has 2 rings (SSSR count). The van der Waals surface area contributed by atoms with Crippen molar-refractivity contribution in [3.8, 4) is 0 Å². The fraction of sp³-hybridized carbons (Fsp3) is 0.611. The first kappa shape index (κ1) is 19.0. The van der Waals surface area contributed by atoms with Gasteiger partial charge in [0.2, 0.25) is 0 Å². The molecule has 1 saturated carbocycles. The van der Waals surface area contributed by atoms with E-state index >= 15 is 0 Å². The van der Waals surface area contributed by atoms with E-state index in [1.807, 2.05) is 0 Å². The molecule has 1 fully saturated rings. The third-order valence-electron chi connectivity index (χ3n) is 4.35. The third-order valence-corrected chi connectivity index (χ3v) is 4.64. The summed E-state index contributed by atoms with van der Waals surface area (Å²) in [7, 11) is 0. The molecule has 6 heteroatoms. The molecule has 0 bridgehead atoms. The highest BCUT2D eigenvalue weighted by atomic mass is 35.5. The van der Waals surface area contributed by atoms with Gasteiger partial charge in [-0.2, -0.15) is 0 Å². The zero-order valence-corrected chi connectivity index (χ0v) is 15.3. The summed E-state index contributed by atoms with van der Waals surface area (Å²) < 4.78 is 13.3. The summed E-state index contributed by atoms with van der Waals surface area (Å²) in [6.45, 7) is 5.35. The van der Waals surface area contributed by atoms with Crippen LogP contribution in [-0.4, -0.2) is 25.1 Å². The SMILES string of the molecule is CC(C)(CN)CN=C(Nc1ccc(F)c(Cl)c1)NC1CCCCC1. The lowest BCUT2D eigenvalue weighted by Gasteiger charge is -2.26. The molecule has 1 aromatic rings. The van der Waals surface area contributed by atoms with Crippen LogP contribution in [0.5, 0.6) is 0 Å². The summed E-state index contributed by atoms with van der Waals surface area (Å²) in [5.74, 6) is 0.274. The van der Waals surface area contributed by atoms with E-state index in [0.29, 0.717) is 30.8 Å². The number of nitrogens with one attached hydrogen (secondary N) is 2. The van der Waals surface area contributed by atoms with Crippen LogP contribution in [0, 0.1) is 11.2 Å². The molecular weight excluding hydrogens is 327 g/mol. The average molecular weight is 355 g/mol. The Kier molecular flexibility index (Phi) is 6.87. The average Bonchev–Trinajstić information content (AvgIpc) is 2.57. The number of anilines is 1. The maximum atomic E-state index is 13.3. The van der Waals surface area contributed by atoms with Crippen LogP contribution in [0.4, 0.5) is 10.1 Å². The predicted octanol–water partition coefficient (Wildman–Crippen LogP) is 4.15. The number of aliphatic imine (C=N–C) groups is 1. The quantitative estimate of drug-likeness (QED) is 0.549. The van der Waals surface area contributed by atoms with Crippen LogP contribution in [0.2, 0.25) is 5.02 Å². The second kappa shape index (κ2) is 8.67. The predicted molar refractivity (Wildman–Crippen MR) is 100 cm³/mol. The molecule has 0 amide bonds. The molecule has 0 unspecified atom stereocenters. The van der Waals surface area contributed by atoms with Crippen LogP contribution in [0.15, 0.2) is 23.2 Å². The lowest BCUT2D eigenvalue weighted by molar-refractivity contribution is 0.389. The van der Waals surface area contributed by atoms with Crippen molar-refractivity contribution in [1.82, 2.24) is 5.32 Å². The fourth-order valence-corrected chi connectivity index (χ4v) is 2.81. The summed E-state index contributed by atoms with van der Waals surface area (Å²) in [6.07, 6.45) is 6.06. The minimum Gasteiger partial charge on any atom is -0.353 e. The van der Waals surface area contributed by atoms with Gasteiger partial charge in [-0.15, -0.1) is 0 Å². The van der Waals surface area contributed by atoms with Gasteiger partial charge in [-0.25, -0.2) is 4.39 Å². The standard InChI is InChI=1S/C18H28ClFN4/c1-18(2,11-21)12-22-17(23-13-6-4-3-5-7-13)24-14-8-9-16(20)15(19)10-14/h8-10,13H,3-7,11-12,21H2,1-2H3,(H2,22,23,24). The molecule has 4 nitrogen and oxygen atoms in total. The number of nitrogens with zero attached hydrogens (tertiary/aromatic N) is 1. The Balaban J connectivity index is 2.11. The number of benzene rings is 1. The normalized spacial score (nSPS) is 17.0. The molecule has 1 aromatic carbocycles. The molecule has 1 aliphatic rings. The highest BCUT2D eigenvalue weighted by Crippen LogP contribution is 2.21. The number of hydrogen-bond donors (Lipinski definition) is 3. The number of rotatable bonds is 5. The molecule has 24 heavy (non-hydrogen) atoms. The van der Waals surface area contributed by atoms with Gasteiger partial charge in [-0.1, -0.05) is 44.7 Å². The van der Waals surface area contributed by atoms with Gasteiger partial charge in [0.25, 0.3) is 0 Å². The first-order valence-corrected chi connectivity index (χ1v) is 9.00. The minimum absolute atomic E-state index is 0.0678. The van der Waals surface area contributed by atoms with Crippen LogP contribution in [0.3, 0.4) is 0 Å². The van der Waals surface area contributed by atoms with Gasteiger partial charge >= 0.3 is 0 Å². The van der Waals surface area contributed by atoms with Gasteiger partial charge in [-0.3, -0.25) is 4.99 Å². The van der Waals surface area contributed by atoms with Crippen molar-refractivity contribution in [2.75, 3.05) is 18.4 Å². The molecule has 0 aromatic heterocycles. The molecule has 0 saturated heterocycles. The highest BCUT2D eigenvalue weighted by Gasteiger charge is 2.18. The van der Waals surface area contributed by atoms with Gasteiger partial charge in [0.1, 0.15) is 5.82 Å². The van der Waals surface area contributed by atoms with Crippen LogP contribution in [-0.2, 0) is 0 Å². The largest absolute Gasteiger partial charge is 0.353 e. The van der Waals surface area contributed by atoms with E-state index in [9.17, 15) is 4.39 Å². The van der Waals surface area contributed by atoms with Gasteiger partial charge in [0, 0.05) is 18.3 Å². The van der Waals surface area contributed by atoms with Crippen molar-refractivity contribution >= 4 is 23.2 Å². The summed E-state index contributed by atoms with van der Waals surface area (Å²) in [4.78, 5) is 4.69. The second-order valence-corrected chi connectivity index (χ2v) is 7.67. The van der Waals surface area contributed by atoms with E-state index in [2.05, 4.69) is 29.5 Å². The molecule has 0 atom stereocenters. The second-order valence-electron chi connectivity index (χ2n) is 7.27. The van der Waals surface area contributed by atoms with E-state index < -0.39 is 5.82 Å². The topological polar surface area (TPSA) is 62.4 Å². The Bertz CT molecular complexity index is 568. The van der Waals surface area contributed by atoms with Gasteiger partial charge in [0.15, 0.2) is 5.96 Å². The van der Waals surface area contributed by atoms with Crippen molar-refractivity contribution in [3.63, 3.8) is 0 Å². The summed E-state index contributed by atoms with van der Waals surface area (Å²) in [5, 5.41) is 6.83. The van der Waals surface area contributed by atoms with Crippen LogP contribution in [0.1, 0.15) is 46.0 Å². The Hall–Kier alpha value is -1.33. The van der Waals surface area contributed by atoms with Crippen LogP contribution in [0.25, 0.3) is 0 Å². The first-order chi connectivity index (χ1) is 11.4. The lowest BCUT2D eigenvalue weighted by Crippen LogP contribution is -2.41. The van der Waals surface area contributed by atoms with Gasteiger partial charge < -0.3 is 16.4 Å². The summed E-state index contributed by atoms with van der Waals surface area (Å²) in [6, 6.07) is 5.00. The van der Waals surface area contributed by atoms with E-state index in [0.717, 1.165) is 12.8 Å². The maximum absolute atomic E-state index is 13.3. The number of nitrogens with two attached hydrogens (primary N) is 1. The molecule has 1 aliphatic carbocycles. The Morgan fingerprint density at radius 1 is 1.33 bits per heavy atom. The van der Waals surface area contributed by atoms with E-state index in [1.165, 1.54) is 25.3 Å². The molecule has 134 valence electrons. The highest BCUT2D eigenvalue weighted by molar-refractivity contribution is 6.31.